The van der Waals surface area contributed by atoms with E-state index in [0.717, 1.165) is 4.90 Å². The molecule has 1 amide bonds. The second kappa shape index (κ2) is 6.03. The predicted octanol–water partition coefficient (Wildman–Crippen LogP) is 1.03. The van der Waals surface area contributed by atoms with Crippen LogP contribution in [0, 0.1) is 0 Å². The van der Waals surface area contributed by atoms with Crippen LogP contribution in [0.1, 0.15) is 19.3 Å². The molecule has 1 aliphatic heterocycles. The molecule has 1 N–H and O–H groups in total. The van der Waals surface area contributed by atoms with Crippen molar-refractivity contribution >= 4 is 11.9 Å². The number of hydrogen-bond acceptors (Lipinski definition) is 3. The third-order valence-corrected chi connectivity index (χ3v) is 2.59. The van der Waals surface area contributed by atoms with Crippen LogP contribution in [0.25, 0.3) is 0 Å². The Morgan fingerprint density at radius 2 is 1.83 bits per heavy atom. The number of hydrogen-bond donors (Lipinski definition) is 1. The zero-order valence-electron chi connectivity index (χ0n) is 9.57. The van der Waals surface area contributed by atoms with Crippen LogP contribution >= 0.6 is 0 Å². The van der Waals surface area contributed by atoms with Gasteiger partial charge in [-0.25, -0.2) is 4.79 Å². The van der Waals surface area contributed by atoms with Crippen molar-refractivity contribution in [1.29, 1.82) is 0 Å². The first-order chi connectivity index (χ1) is 8.28. The number of ether oxygens (including phenoxy) is 1. The van der Waals surface area contributed by atoms with E-state index in [9.17, 15) is 22.8 Å². The van der Waals surface area contributed by atoms with Crippen molar-refractivity contribution < 1.29 is 32.6 Å². The Balaban J connectivity index is 2.30. The largest absolute Gasteiger partial charge is 0.480 e. The number of carbonyl (C=O) groups excluding carboxylic acids is 1. The molecule has 5 nitrogen and oxygen atoms in total. The van der Waals surface area contributed by atoms with Crippen LogP contribution in [0.15, 0.2) is 0 Å². The molecule has 0 atom stereocenters. The highest BCUT2D eigenvalue weighted by atomic mass is 19.4. The third-order valence-electron chi connectivity index (χ3n) is 2.59. The average Bonchev–Trinajstić information content (AvgIpc) is 2.24. The molecule has 1 rings (SSSR count). The van der Waals surface area contributed by atoms with Gasteiger partial charge in [0.1, 0.15) is 13.0 Å². The minimum Gasteiger partial charge on any atom is -0.480 e. The highest BCUT2D eigenvalue weighted by Gasteiger charge is 2.34. The van der Waals surface area contributed by atoms with Gasteiger partial charge in [-0.2, -0.15) is 13.2 Å². The lowest BCUT2D eigenvalue weighted by Gasteiger charge is -2.31. The Hall–Kier alpha value is -1.31. The summed E-state index contributed by atoms with van der Waals surface area (Å²) in [5, 5.41) is 8.40. The van der Waals surface area contributed by atoms with Crippen LogP contribution in [0.3, 0.4) is 0 Å². The van der Waals surface area contributed by atoms with E-state index in [1.807, 2.05) is 0 Å². The van der Waals surface area contributed by atoms with Crippen molar-refractivity contribution in [2.75, 3.05) is 19.7 Å². The van der Waals surface area contributed by atoms with Crippen molar-refractivity contribution in [3.05, 3.63) is 0 Å². The molecule has 1 fully saturated rings. The number of carboxylic acid groups (broad SMARTS) is 1. The quantitative estimate of drug-likeness (QED) is 0.827. The van der Waals surface area contributed by atoms with Crippen LogP contribution in [-0.2, 0) is 14.3 Å². The number of likely N-dealkylation sites (tertiary alicyclic amines) is 1. The zero-order valence-corrected chi connectivity index (χ0v) is 9.57. The molecule has 0 unspecified atom stereocenters. The minimum absolute atomic E-state index is 0.166. The van der Waals surface area contributed by atoms with Gasteiger partial charge in [-0.15, -0.1) is 0 Å². The summed E-state index contributed by atoms with van der Waals surface area (Å²) in [5.74, 6) is -2.04. The number of nitrogens with zero attached hydrogens (tertiary/aromatic N) is 1. The molecular weight excluding hydrogens is 255 g/mol. The predicted molar refractivity (Wildman–Crippen MR) is 53.9 cm³/mol. The number of rotatable bonds is 4. The fraction of sp³-hybridized carbons (Fsp3) is 0.800. The Labute approximate surface area is 102 Å². The number of alkyl halides is 3. The Kier molecular flexibility index (Phi) is 4.94. The maximum absolute atomic E-state index is 12.0. The second-order valence-electron chi connectivity index (χ2n) is 4.08. The Morgan fingerprint density at radius 3 is 2.28 bits per heavy atom. The second-order valence-corrected chi connectivity index (χ2v) is 4.08. The van der Waals surface area contributed by atoms with Gasteiger partial charge in [-0.3, -0.25) is 4.79 Å². The number of carbonyl (C=O) groups is 2. The summed E-state index contributed by atoms with van der Waals surface area (Å²) in [5.41, 5.74) is 0. The number of carboxylic acids is 1. The molecule has 0 spiro atoms. The summed E-state index contributed by atoms with van der Waals surface area (Å²) in [6.07, 6.45) is -5.54. The molecule has 0 aromatic carbocycles. The molecule has 1 aliphatic rings. The summed E-state index contributed by atoms with van der Waals surface area (Å²) in [6.45, 7) is -0.0977. The zero-order chi connectivity index (χ0) is 13.8. The van der Waals surface area contributed by atoms with Gasteiger partial charge in [0, 0.05) is 13.1 Å². The first-order valence-electron chi connectivity index (χ1n) is 5.46. The first kappa shape index (κ1) is 14.7. The lowest BCUT2D eigenvalue weighted by molar-refractivity contribution is -0.164. The van der Waals surface area contributed by atoms with Crippen LogP contribution in [0.5, 0.6) is 0 Å². The molecule has 0 radical (unpaired) electrons. The summed E-state index contributed by atoms with van der Waals surface area (Å²) >= 11 is 0. The molecular formula is C10H14F3NO4. The molecule has 0 aromatic rings. The monoisotopic (exact) mass is 269 g/mol. The van der Waals surface area contributed by atoms with Crippen molar-refractivity contribution in [1.82, 2.24) is 4.90 Å². The number of piperidine rings is 1. The lowest BCUT2D eigenvalue weighted by Crippen LogP contribution is -2.42. The van der Waals surface area contributed by atoms with Gasteiger partial charge >= 0.3 is 12.1 Å². The van der Waals surface area contributed by atoms with E-state index in [1.54, 1.807) is 0 Å². The van der Waals surface area contributed by atoms with Crippen LogP contribution in [0.2, 0.25) is 0 Å². The van der Waals surface area contributed by atoms with Gasteiger partial charge in [0.25, 0.3) is 0 Å². The molecule has 1 saturated heterocycles. The molecule has 18 heavy (non-hydrogen) atoms. The Bertz CT molecular complexity index is 311. The van der Waals surface area contributed by atoms with E-state index in [2.05, 4.69) is 0 Å². The molecule has 0 saturated carbocycles. The first-order valence-corrected chi connectivity index (χ1v) is 5.46. The van der Waals surface area contributed by atoms with Gasteiger partial charge in [0.05, 0.1) is 6.10 Å². The van der Waals surface area contributed by atoms with E-state index < -0.39 is 31.1 Å². The van der Waals surface area contributed by atoms with E-state index in [0.29, 0.717) is 12.8 Å². The summed E-state index contributed by atoms with van der Waals surface area (Å²) in [6, 6.07) is 0. The fourth-order valence-electron chi connectivity index (χ4n) is 1.74. The maximum Gasteiger partial charge on any atom is 0.397 e. The molecule has 104 valence electrons. The van der Waals surface area contributed by atoms with Crippen molar-refractivity contribution in [3.8, 4) is 0 Å². The molecule has 0 bridgehead atoms. The van der Waals surface area contributed by atoms with Gasteiger partial charge in [0.2, 0.25) is 5.91 Å². The highest BCUT2D eigenvalue weighted by Crippen LogP contribution is 2.22. The molecule has 1 heterocycles. The van der Waals surface area contributed by atoms with E-state index in [4.69, 9.17) is 9.84 Å². The summed E-state index contributed by atoms with van der Waals surface area (Å²) < 4.78 is 41.0. The summed E-state index contributed by atoms with van der Waals surface area (Å²) in [4.78, 5) is 22.6. The van der Waals surface area contributed by atoms with Crippen molar-refractivity contribution in [2.24, 2.45) is 0 Å². The van der Waals surface area contributed by atoms with Crippen LogP contribution < -0.4 is 0 Å². The van der Waals surface area contributed by atoms with Gasteiger partial charge < -0.3 is 14.7 Å². The SMILES string of the molecule is O=C(O)COC1CCN(C(=O)CC(F)(F)F)CC1. The van der Waals surface area contributed by atoms with E-state index in [1.165, 1.54) is 0 Å². The molecule has 8 heteroatoms. The average molecular weight is 269 g/mol. The van der Waals surface area contributed by atoms with Crippen molar-refractivity contribution in [2.45, 2.75) is 31.5 Å². The van der Waals surface area contributed by atoms with Gasteiger partial charge in [0.15, 0.2) is 0 Å². The smallest absolute Gasteiger partial charge is 0.397 e. The summed E-state index contributed by atoms with van der Waals surface area (Å²) in [7, 11) is 0. The number of amides is 1. The van der Waals surface area contributed by atoms with Gasteiger partial charge in [-0.1, -0.05) is 0 Å². The number of halogens is 3. The molecule has 0 aliphatic carbocycles. The van der Waals surface area contributed by atoms with E-state index in [-0.39, 0.29) is 19.2 Å². The standard InChI is InChI=1S/C10H14F3NO4/c11-10(12,13)5-8(15)14-3-1-7(2-4-14)18-6-9(16)17/h7H,1-6H2,(H,16,17). The van der Waals surface area contributed by atoms with Crippen molar-refractivity contribution in [3.63, 3.8) is 0 Å². The topological polar surface area (TPSA) is 66.8 Å². The highest BCUT2D eigenvalue weighted by molar-refractivity contribution is 5.76. The minimum atomic E-state index is -4.49. The fourth-order valence-corrected chi connectivity index (χ4v) is 1.74. The maximum atomic E-state index is 12.0. The van der Waals surface area contributed by atoms with Crippen LogP contribution in [-0.4, -0.2) is 53.9 Å². The normalized spacial score (nSPS) is 17.8. The van der Waals surface area contributed by atoms with E-state index >= 15 is 0 Å². The third kappa shape index (κ3) is 5.35. The Morgan fingerprint density at radius 1 is 1.28 bits per heavy atom. The van der Waals surface area contributed by atoms with Gasteiger partial charge in [-0.05, 0) is 12.8 Å². The van der Waals surface area contributed by atoms with Crippen LogP contribution in [0.4, 0.5) is 13.2 Å². The lowest BCUT2D eigenvalue weighted by atomic mass is 10.1. The number of aliphatic carboxylic acids is 1. The molecule has 0 aromatic heterocycles.